The highest BCUT2D eigenvalue weighted by Crippen LogP contribution is 2.21. The van der Waals surface area contributed by atoms with Crippen LogP contribution in [0.5, 0.6) is 11.5 Å². The summed E-state index contributed by atoms with van der Waals surface area (Å²) in [5.41, 5.74) is 17.6. The molecule has 0 bridgehead atoms. The Bertz CT molecular complexity index is 4450. The van der Waals surface area contributed by atoms with E-state index in [0.29, 0.717) is 11.1 Å². The summed E-state index contributed by atoms with van der Waals surface area (Å²) in [4.78, 5) is 247. The van der Waals surface area contributed by atoms with E-state index in [1.807, 2.05) is 0 Å². The lowest BCUT2D eigenvalue weighted by atomic mass is 10.00. The van der Waals surface area contributed by atoms with E-state index in [9.17, 15) is 127 Å². The zero-order valence-corrected chi connectivity index (χ0v) is 74.0. The number of carbonyl (C=O) groups is 18. The van der Waals surface area contributed by atoms with Gasteiger partial charge >= 0.3 is 11.9 Å². The predicted molar refractivity (Wildman–Crippen MR) is 472 cm³/mol. The van der Waals surface area contributed by atoms with E-state index in [-0.39, 0.29) is 106 Å². The lowest BCUT2D eigenvalue weighted by molar-refractivity contribution is -0.143. The van der Waals surface area contributed by atoms with Crippen molar-refractivity contribution in [3.05, 3.63) is 95.6 Å². The second kappa shape index (κ2) is 56.3. The number of aliphatic hydroxyl groups excluding tert-OH is 4. The maximum atomic E-state index is 14.7. The molecule has 722 valence electrons. The van der Waals surface area contributed by atoms with E-state index in [1.165, 1.54) is 48.5 Å². The van der Waals surface area contributed by atoms with Gasteiger partial charge in [-0.05, 0) is 106 Å². The van der Waals surface area contributed by atoms with Gasteiger partial charge in [0.15, 0.2) is 11.9 Å². The molecule has 1 aliphatic rings. The molecule has 4 rings (SSSR count). The molecule has 51 heteroatoms. The Hall–Kier alpha value is -13.2. The van der Waals surface area contributed by atoms with Crippen LogP contribution in [0, 0.1) is 16.7 Å². The molecule has 1 fully saturated rings. The van der Waals surface area contributed by atoms with Gasteiger partial charge in [-0.15, -0.1) is 0 Å². The fourth-order valence-electron chi connectivity index (χ4n) is 12.9. The Morgan fingerprint density at radius 1 is 0.427 bits per heavy atom. The first-order valence-corrected chi connectivity index (χ1v) is 42.7. The lowest BCUT2D eigenvalue weighted by Gasteiger charge is -2.30. The largest absolute Gasteiger partial charge is 0.508 e. The van der Waals surface area contributed by atoms with Crippen molar-refractivity contribution in [1.29, 1.82) is 10.8 Å². The topological polar surface area (TPSA) is 803 Å². The highest BCUT2D eigenvalue weighted by molar-refractivity contribution is 7.80. The molecule has 0 radical (unpaired) electrons. The standard InChI is InChI=1S/C80H119N23O26S2/c1-39(2)27-50(67(118)90-34-62(114)115)95-69(120)52(28-42-11-6-5-7-12-42)97-70(121)53(30-44-18-22-46(109)23-19-44)96-68(119)49(14-9-25-87-80(84)85)94-74(125)56(37-130)99-73(124)55(36-105)92-60(111)33-89-76(127)63(40(3)106)101-72(123)51(29-43-16-20-45(108)21-17-43)91-59(110)32-88-66(117)48(13-8-24-86-79(82)83)93-71(122)54(31-61(112)113)98-77(128)64(41(4)107)102-75(126)58-15-10-26-103(58)78(129)57(38-131)100-65(116)47(81)35-104/h5-7,11-12,16-23,39-41,47-58,63-64,104-109,130-131H,8-10,13-15,24-38,81H2,1-4H3,(H,88,117)(H,89,127)(H,90,118)(H,91,110)(H,92,111)(H,93,122)(H,94,125)(H,95,120)(H,96,119)(H,97,121)(H,98,128)(H,99,124)(H,100,116)(H,101,123)(H,102,126)(H,112,113)(H,114,115)(H4,82,83,86)(H4,84,85,87)/t40-,41-,47+,48+,49+,50+,51+,52+,53+,54+,55+,56+,57+,58+,63+,64+/m1/s1. The number of nitrogens with one attached hydrogen (secondary N) is 19. The number of aliphatic hydroxyl groups is 4. The van der Waals surface area contributed by atoms with Gasteiger partial charge in [-0.25, -0.2) is 0 Å². The van der Waals surface area contributed by atoms with Gasteiger partial charge in [0.05, 0.1) is 44.9 Å². The quantitative estimate of drug-likeness (QED) is 0.0108. The third kappa shape index (κ3) is 39.3. The maximum Gasteiger partial charge on any atom is 0.322 e. The number of guanidine groups is 2. The molecule has 0 aliphatic carbocycles. The number of amides is 16. The van der Waals surface area contributed by atoms with E-state index < -0.39 is 267 Å². The number of aromatic hydroxyl groups is 2. The fraction of sp³-hybridized carbons (Fsp3) is 0.525. The number of phenolic OH excluding ortho intramolecular Hbond substituents is 2. The van der Waals surface area contributed by atoms with Crippen LogP contribution in [-0.4, -0.2) is 325 Å². The summed E-state index contributed by atoms with van der Waals surface area (Å²) in [5, 5.41) is 136. The van der Waals surface area contributed by atoms with Crippen LogP contribution in [0.3, 0.4) is 0 Å². The van der Waals surface area contributed by atoms with Gasteiger partial charge in [0, 0.05) is 50.4 Å². The van der Waals surface area contributed by atoms with E-state index in [4.69, 9.17) is 28.0 Å². The number of nitrogens with two attached hydrogens (primary N) is 3. The molecule has 0 aromatic heterocycles. The maximum absolute atomic E-state index is 14.7. The van der Waals surface area contributed by atoms with E-state index in [0.717, 1.165) is 18.7 Å². The normalized spacial score (nSPS) is 15.6. The third-order valence-electron chi connectivity index (χ3n) is 19.7. The van der Waals surface area contributed by atoms with Crippen LogP contribution >= 0.6 is 25.3 Å². The second-order valence-electron chi connectivity index (χ2n) is 30.9. The van der Waals surface area contributed by atoms with Crippen molar-refractivity contribution in [2.75, 3.05) is 64.0 Å². The summed E-state index contributed by atoms with van der Waals surface area (Å²) in [6, 6.07) is -4.08. The van der Waals surface area contributed by atoms with Gasteiger partial charge < -0.3 is 153 Å². The molecule has 16 amide bonds. The molecule has 49 nitrogen and oxygen atoms in total. The van der Waals surface area contributed by atoms with Crippen molar-refractivity contribution in [2.24, 2.45) is 23.1 Å². The molecule has 0 spiro atoms. The van der Waals surface area contributed by atoms with Crippen molar-refractivity contribution >= 4 is 144 Å². The monoisotopic (exact) mass is 1880 g/mol. The first kappa shape index (κ1) is 110. The molecule has 1 saturated heterocycles. The minimum absolute atomic E-state index is 0.00267. The van der Waals surface area contributed by atoms with Crippen molar-refractivity contribution in [1.82, 2.24) is 95.3 Å². The Morgan fingerprint density at radius 2 is 0.817 bits per heavy atom. The van der Waals surface area contributed by atoms with Gasteiger partial charge in [0.25, 0.3) is 0 Å². The molecule has 0 unspecified atom stereocenters. The van der Waals surface area contributed by atoms with Gasteiger partial charge in [-0.3, -0.25) is 97.1 Å². The smallest absolute Gasteiger partial charge is 0.322 e. The summed E-state index contributed by atoms with van der Waals surface area (Å²) >= 11 is 8.33. The number of aliphatic carboxylic acids is 2. The summed E-state index contributed by atoms with van der Waals surface area (Å²) in [6.45, 7) is 0.686. The Labute approximate surface area is 762 Å². The highest BCUT2D eigenvalue weighted by Gasteiger charge is 2.42. The zero-order valence-electron chi connectivity index (χ0n) is 72.2. The number of carbonyl (C=O) groups excluding carboxylic acids is 16. The van der Waals surface area contributed by atoms with E-state index in [1.54, 1.807) is 44.2 Å². The lowest BCUT2D eigenvalue weighted by Crippen LogP contribution is -2.61. The highest BCUT2D eigenvalue weighted by atomic mass is 32.1. The van der Waals surface area contributed by atoms with Crippen LogP contribution in [-0.2, 0) is 106 Å². The number of carboxylic acids is 2. The number of likely N-dealkylation sites (tertiary alicyclic amines) is 1. The van der Waals surface area contributed by atoms with Crippen LogP contribution < -0.4 is 108 Å². The molecule has 1 aliphatic heterocycles. The molecule has 3 aromatic carbocycles. The van der Waals surface area contributed by atoms with Crippen molar-refractivity contribution in [2.45, 2.75) is 195 Å². The SMILES string of the molecule is CC(C)C[C@H](NC(=O)[C@H](Cc1ccccc1)NC(=O)[C@H](Cc1ccc(O)cc1)NC(=O)[C@H](CCCNC(=N)N)NC(=O)[C@H](CS)NC(=O)[C@H](CO)NC(=O)CNC(=O)[C@@H](NC(=O)[C@H](Cc1ccc(O)cc1)NC(=O)CNC(=O)[C@H](CCCNC(=N)N)NC(=O)[C@H](CC(=O)O)NC(=O)[C@@H](NC(=O)[C@@H]1CCCN1C(=O)[C@H](CS)NC(=O)[C@@H](N)CO)[C@@H](C)O)[C@@H](C)O)C(=O)NCC(=O)O. The summed E-state index contributed by atoms with van der Waals surface area (Å²) in [6.07, 6.45) is -6.07. The Kier molecular flexibility index (Phi) is 47.3. The number of carboxylic acid groups (broad SMARTS) is 2. The molecule has 33 N–H and O–H groups in total. The molecule has 3 aromatic rings. The zero-order chi connectivity index (χ0) is 97.9. The molecular formula is C80H119N23O26S2. The molecule has 0 saturated carbocycles. The van der Waals surface area contributed by atoms with E-state index >= 15 is 0 Å². The van der Waals surface area contributed by atoms with Crippen LogP contribution in [0.15, 0.2) is 78.9 Å². The number of hydrogen-bond donors (Lipinski definition) is 32. The number of thiol groups is 2. The number of hydrogen-bond acceptors (Lipinski definition) is 29. The first-order valence-electron chi connectivity index (χ1n) is 41.4. The van der Waals surface area contributed by atoms with Crippen molar-refractivity contribution in [3.63, 3.8) is 0 Å². The van der Waals surface area contributed by atoms with Crippen LogP contribution in [0.1, 0.15) is 95.8 Å². The number of rotatable bonds is 56. The van der Waals surface area contributed by atoms with E-state index in [2.05, 4.69) is 116 Å². The van der Waals surface area contributed by atoms with Gasteiger partial charge in [0.1, 0.15) is 103 Å². The van der Waals surface area contributed by atoms with Crippen LogP contribution in [0.2, 0.25) is 0 Å². The predicted octanol–water partition coefficient (Wildman–Crippen LogP) is -10.7. The molecule has 16 atom stereocenters. The van der Waals surface area contributed by atoms with Crippen molar-refractivity contribution in [3.8, 4) is 11.5 Å². The number of benzene rings is 3. The van der Waals surface area contributed by atoms with Gasteiger partial charge in [0.2, 0.25) is 94.5 Å². The van der Waals surface area contributed by atoms with Crippen LogP contribution in [0.4, 0.5) is 0 Å². The number of nitrogens with zero attached hydrogens (tertiary/aromatic N) is 1. The first-order chi connectivity index (χ1) is 61.9. The summed E-state index contributed by atoms with van der Waals surface area (Å²) in [5.74, 6) is -22.8. The van der Waals surface area contributed by atoms with Gasteiger partial charge in [-0.1, -0.05) is 68.4 Å². The van der Waals surface area contributed by atoms with Crippen LogP contribution in [0.25, 0.3) is 0 Å². The Balaban J connectivity index is 1.50. The summed E-state index contributed by atoms with van der Waals surface area (Å²) < 4.78 is 0. The summed E-state index contributed by atoms with van der Waals surface area (Å²) in [7, 11) is 0. The minimum Gasteiger partial charge on any atom is -0.508 e. The molecule has 1 heterocycles. The average Bonchev–Trinajstić information content (AvgIpc) is 1.73. The minimum atomic E-state index is -2.07. The van der Waals surface area contributed by atoms with Gasteiger partial charge in [-0.2, -0.15) is 25.3 Å². The Morgan fingerprint density at radius 3 is 1.28 bits per heavy atom. The average molecular weight is 1880 g/mol. The number of phenols is 2. The third-order valence-corrected chi connectivity index (χ3v) is 20.5. The fourth-order valence-corrected chi connectivity index (χ4v) is 13.4. The second-order valence-corrected chi connectivity index (χ2v) is 31.6. The molecule has 131 heavy (non-hydrogen) atoms. The molecular weight excluding hydrogens is 1760 g/mol. The van der Waals surface area contributed by atoms with Crippen molar-refractivity contribution < 1.29 is 127 Å².